The van der Waals surface area contributed by atoms with Crippen LogP contribution in [0.1, 0.15) is 41.8 Å². The maximum atomic E-state index is 14.1. The maximum absolute atomic E-state index is 14.1. The molecule has 2 aromatic rings. The standard InChI is InChI=1S/C33H34N2O11/c1-13(2)22-19-11-16-10-18-17(14-5-4-6-15(9-14)31(43)35-20(12-36)32(44)46-3)7-8-21(37)24(18)27(39)23(16)28(40)33(19,45)29(41)25(26(22)38)30(34)42/h4-9,13,16,19-20,22,36-37,39,41,45H,10-12H2,1-3H3,(H2,34,42)(H,35,43)/t16-,19-,20?,22-,33-/m0/s1. The molecular formula is C33H34N2O11. The maximum Gasteiger partial charge on any atom is 0.330 e. The number of primary amides is 1. The van der Waals surface area contributed by atoms with E-state index in [-0.39, 0.29) is 35.3 Å². The average molecular weight is 635 g/mol. The zero-order valence-corrected chi connectivity index (χ0v) is 25.2. The number of nitrogens with one attached hydrogen (secondary N) is 1. The number of aromatic hydroxyl groups is 1. The average Bonchev–Trinajstić information content (AvgIpc) is 3.01. The van der Waals surface area contributed by atoms with Gasteiger partial charge in [0.15, 0.2) is 17.4 Å². The van der Waals surface area contributed by atoms with Gasteiger partial charge in [-0.3, -0.25) is 19.2 Å². The van der Waals surface area contributed by atoms with Crippen LogP contribution in [0.25, 0.3) is 16.9 Å². The third-order valence-electron chi connectivity index (χ3n) is 9.26. The number of aliphatic hydroxyl groups excluding tert-OH is 3. The number of esters is 1. The predicted molar refractivity (Wildman–Crippen MR) is 161 cm³/mol. The van der Waals surface area contributed by atoms with Crippen molar-refractivity contribution in [2.24, 2.45) is 29.4 Å². The minimum atomic E-state index is -2.71. The lowest BCUT2D eigenvalue weighted by molar-refractivity contribution is -0.155. The third kappa shape index (κ3) is 4.83. The Morgan fingerprint density at radius 2 is 1.80 bits per heavy atom. The van der Waals surface area contributed by atoms with Gasteiger partial charge in [0.1, 0.15) is 22.8 Å². The summed E-state index contributed by atoms with van der Waals surface area (Å²) in [4.78, 5) is 64.4. The second kappa shape index (κ2) is 11.7. The molecule has 3 aliphatic carbocycles. The molecule has 2 aromatic carbocycles. The van der Waals surface area contributed by atoms with Gasteiger partial charge in [-0.2, -0.15) is 0 Å². The summed E-state index contributed by atoms with van der Waals surface area (Å²) in [6.07, 6.45) is 0.0215. The van der Waals surface area contributed by atoms with Crippen LogP contribution < -0.4 is 11.1 Å². The number of rotatable bonds is 7. The van der Waals surface area contributed by atoms with Crippen molar-refractivity contribution in [2.75, 3.05) is 13.7 Å². The molecule has 46 heavy (non-hydrogen) atoms. The van der Waals surface area contributed by atoms with Gasteiger partial charge in [-0.05, 0) is 59.6 Å². The van der Waals surface area contributed by atoms with Gasteiger partial charge in [-0.1, -0.05) is 32.0 Å². The summed E-state index contributed by atoms with van der Waals surface area (Å²) >= 11 is 0. The van der Waals surface area contributed by atoms with Crippen LogP contribution in [0.5, 0.6) is 5.75 Å². The van der Waals surface area contributed by atoms with Gasteiger partial charge >= 0.3 is 5.97 Å². The van der Waals surface area contributed by atoms with E-state index in [0.717, 1.165) is 7.11 Å². The molecule has 1 unspecified atom stereocenters. The van der Waals surface area contributed by atoms with Crippen molar-refractivity contribution in [3.8, 4) is 16.9 Å². The first kappa shape index (κ1) is 32.4. The van der Waals surface area contributed by atoms with E-state index in [1.165, 1.54) is 18.2 Å². The van der Waals surface area contributed by atoms with Crippen LogP contribution in [0.15, 0.2) is 53.3 Å². The molecule has 0 spiro atoms. The number of phenolic OH excluding ortho intramolecular Hbond substituents is 1. The topological polar surface area (TPSA) is 234 Å². The first-order valence-electron chi connectivity index (χ1n) is 14.6. The second-order valence-corrected chi connectivity index (χ2v) is 12.1. The Bertz CT molecular complexity index is 1760. The summed E-state index contributed by atoms with van der Waals surface area (Å²) in [5.74, 6) is -10.3. The molecule has 1 fully saturated rings. The molecule has 5 rings (SSSR count). The van der Waals surface area contributed by atoms with Crippen molar-refractivity contribution >= 4 is 35.1 Å². The molecule has 1 saturated carbocycles. The summed E-state index contributed by atoms with van der Waals surface area (Å²) in [6.45, 7) is 2.68. The Labute approximate surface area is 263 Å². The monoisotopic (exact) mass is 634 g/mol. The predicted octanol–water partition coefficient (Wildman–Crippen LogP) is 1.24. The normalized spacial score (nSPS) is 24.6. The fourth-order valence-corrected chi connectivity index (χ4v) is 7.15. The Morgan fingerprint density at radius 3 is 2.41 bits per heavy atom. The number of amides is 2. The van der Waals surface area contributed by atoms with Gasteiger partial charge in [0, 0.05) is 23.0 Å². The SMILES string of the molecule is COC(=O)C(CO)NC(=O)c1cccc(-c2ccc(O)c3c2C[C@H]2C[C@H]4[C@H](C(C)C)C(=O)C(C(N)=O)=C(O)[C@@]4(O)C(=O)C2=C3O)c1. The number of benzene rings is 2. The zero-order valence-electron chi connectivity index (χ0n) is 25.2. The molecule has 0 heterocycles. The van der Waals surface area contributed by atoms with E-state index in [0.29, 0.717) is 16.7 Å². The molecule has 13 heteroatoms. The molecule has 0 bridgehead atoms. The number of ether oxygens (including phenoxy) is 1. The van der Waals surface area contributed by atoms with Crippen LogP contribution in [0, 0.1) is 23.7 Å². The first-order chi connectivity index (χ1) is 21.7. The van der Waals surface area contributed by atoms with Crippen molar-refractivity contribution in [1.82, 2.24) is 5.32 Å². The molecular weight excluding hydrogens is 600 g/mol. The molecule has 2 amide bonds. The number of phenols is 1. The van der Waals surface area contributed by atoms with Crippen LogP contribution in [0.3, 0.4) is 0 Å². The highest BCUT2D eigenvalue weighted by molar-refractivity contribution is 6.23. The number of carbonyl (C=O) groups is 5. The summed E-state index contributed by atoms with van der Waals surface area (Å²) in [5.41, 5.74) is 2.98. The Balaban J connectivity index is 1.62. The van der Waals surface area contributed by atoms with Gasteiger partial charge in [0.05, 0.1) is 19.3 Å². The number of methoxy groups -OCH3 is 1. The number of nitrogens with two attached hydrogens (primary N) is 1. The molecule has 242 valence electrons. The highest BCUT2D eigenvalue weighted by Crippen LogP contribution is 2.55. The first-order valence-corrected chi connectivity index (χ1v) is 14.6. The number of hydrogen-bond acceptors (Lipinski definition) is 11. The molecule has 13 nitrogen and oxygen atoms in total. The molecule has 5 atom stereocenters. The number of aliphatic hydroxyl groups is 4. The highest BCUT2D eigenvalue weighted by atomic mass is 16.5. The van der Waals surface area contributed by atoms with E-state index in [4.69, 9.17) is 5.73 Å². The molecule has 3 aliphatic rings. The van der Waals surface area contributed by atoms with Gasteiger partial charge < -0.3 is 41.3 Å². The van der Waals surface area contributed by atoms with E-state index >= 15 is 0 Å². The van der Waals surface area contributed by atoms with E-state index < -0.39 is 88.4 Å². The third-order valence-corrected chi connectivity index (χ3v) is 9.26. The molecule has 0 aromatic heterocycles. The van der Waals surface area contributed by atoms with Crippen LogP contribution >= 0.6 is 0 Å². The van der Waals surface area contributed by atoms with Crippen molar-refractivity contribution in [1.29, 1.82) is 0 Å². The van der Waals surface area contributed by atoms with Gasteiger partial charge in [0.2, 0.25) is 5.78 Å². The molecule has 0 saturated heterocycles. The minimum Gasteiger partial charge on any atom is -0.508 e. The Hall–Kier alpha value is -5.01. The molecule has 0 aliphatic heterocycles. The lowest BCUT2D eigenvalue weighted by Crippen LogP contribution is -2.62. The smallest absolute Gasteiger partial charge is 0.330 e. The van der Waals surface area contributed by atoms with Crippen molar-refractivity contribution in [2.45, 2.75) is 38.3 Å². The Morgan fingerprint density at radius 1 is 1.11 bits per heavy atom. The van der Waals surface area contributed by atoms with Gasteiger partial charge in [-0.25, -0.2) is 4.79 Å². The second-order valence-electron chi connectivity index (χ2n) is 12.1. The van der Waals surface area contributed by atoms with Gasteiger partial charge in [0.25, 0.3) is 11.8 Å². The minimum absolute atomic E-state index is 0.0423. The van der Waals surface area contributed by atoms with Crippen LogP contribution in [0.4, 0.5) is 0 Å². The number of carbonyl (C=O) groups excluding carboxylic acids is 5. The van der Waals surface area contributed by atoms with Crippen LogP contribution in [0.2, 0.25) is 0 Å². The van der Waals surface area contributed by atoms with Crippen molar-refractivity contribution in [3.63, 3.8) is 0 Å². The van der Waals surface area contributed by atoms with E-state index in [9.17, 15) is 49.5 Å². The van der Waals surface area contributed by atoms with Crippen LogP contribution in [-0.2, 0) is 30.3 Å². The lowest BCUT2D eigenvalue weighted by Gasteiger charge is -2.50. The Kier molecular flexibility index (Phi) is 8.26. The molecule has 0 radical (unpaired) electrons. The number of fused-ring (bicyclic) bond motifs is 3. The summed E-state index contributed by atoms with van der Waals surface area (Å²) in [6, 6.07) is 7.83. The zero-order chi connectivity index (χ0) is 33.8. The van der Waals surface area contributed by atoms with Crippen LogP contribution in [-0.4, -0.2) is 80.2 Å². The molecule has 8 N–H and O–H groups in total. The summed E-state index contributed by atoms with van der Waals surface area (Å²) in [7, 11) is 1.12. The van der Waals surface area contributed by atoms with E-state index in [1.807, 2.05) is 0 Å². The summed E-state index contributed by atoms with van der Waals surface area (Å²) < 4.78 is 4.59. The van der Waals surface area contributed by atoms with Gasteiger partial charge in [-0.15, -0.1) is 0 Å². The van der Waals surface area contributed by atoms with E-state index in [1.54, 1.807) is 32.0 Å². The van der Waals surface area contributed by atoms with E-state index in [2.05, 4.69) is 10.1 Å². The number of ketones is 2. The van der Waals surface area contributed by atoms with Crippen molar-refractivity contribution in [3.05, 3.63) is 70.0 Å². The number of hydrogen-bond donors (Lipinski definition) is 7. The fraction of sp³-hybridized carbons (Fsp3) is 0.364. The number of Topliss-reactive ketones (excluding diaryl/α,β-unsaturated/α-hetero) is 2. The fourth-order valence-electron chi connectivity index (χ4n) is 7.15. The largest absolute Gasteiger partial charge is 0.508 e. The quantitative estimate of drug-likeness (QED) is 0.169. The van der Waals surface area contributed by atoms with Crippen molar-refractivity contribution < 1.29 is 54.2 Å². The lowest BCUT2D eigenvalue weighted by atomic mass is 9.54. The highest BCUT2D eigenvalue weighted by Gasteiger charge is 2.64. The summed E-state index contributed by atoms with van der Waals surface area (Å²) in [5, 5.41) is 57.1.